The van der Waals surface area contributed by atoms with Crippen molar-refractivity contribution in [3.63, 3.8) is 0 Å². The number of hydrogen-bond acceptors (Lipinski definition) is 3. The van der Waals surface area contributed by atoms with E-state index in [0.717, 1.165) is 5.56 Å². The summed E-state index contributed by atoms with van der Waals surface area (Å²) in [7, 11) is 0. The molecule has 2 aromatic carbocycles. The Morgan fingerprint density at radius 2 is 1.90 bits per heavy atom. The molecular formula is C16H13ClN2O2. The summed E-state index contributed by atoms with van der Waals surface area (Å²) in [5.41, 5.74) is 1.42. The Bertz CT molecular complexity index is 663. The van der Waals surface area contributed by atoms with Gasteiger partial charge in [-0.1, -0.05) is 35.9 Å². The molecule has 0 unspecified atom stereocenters. The number of nitrogens with one attached hydrogen (secondary N) is 1. The van der Waals surface area contributed by atoms with E-state index in [4.69, 9.17) is 21.6 Å². The number of nitriles is 1. The molecule has 0 fully saturated rings. The zero-order valence-electron chi connectivity index (χ0n) is 11.2. The summed E-state index contributed by atoms with van der Waals surface area (Å²) in [5, 5.41) is 12.0. The normalized spacial score (nSPS) is 9.71. The lowest BCUT2D eigenvalue weighted by molar-refractivity contribution is -0.115. The summed E-state index contributed by atoms with van der Waals surface area (Å²) in [6.45, 7) is -0.0654. The van der Waals surface area contributed by atoms with Crippen molar-refractivity contribution in [2.24, 2.45) is 0 Å². The molecule has 2 aromatic rings. The molecular weight excluding hydrogens is 288 g/mol. The molecule has 0 aromatic heterocycles. The molecule has 0 aliphatic carbocycles. The summed E-state index contributed by atoms with van der Waals surface area (Å²) in [6.07, 6.45) is 0.240. The van der Waals surface area contributed by atoms with Crippen molar-refractivity contribution in [2.75, 3.05) is 11.9 Å². The van der Waals surface area contributed by atoms with Crippen LogP contribution in [0.25, 0.3) is 0 Å². The highest BCUT2D eigenvalue weighted by Gasteiger charge is 2.08. The lowest BCUT2D eigenvalue weighted by Gasteiger charge is -2.10. The Hall–Kier alpha value is -2.51. The zero-order chi connectivity index (χ0) is 15.1. The molecule has 4 nitrogen and oxygen atoms in total. The third-order valence-electron chi connectivity index (χ3n) is 2.73. The number of hydrogen-bond donors (Lipinski definition) is 1. The van der Waals surface area contributed by atoms with Gasteiger partial charge in [-0.2, -0.15) is 5.26 Å². The number of halogens is 1. The SMILES string of the molecule is N#CCOc1ccccc1NC(=O)Cc1ccc(Cl)cc1. The van der Waals surface area contributed by atoms with Crippen LogP contribution >= 0.6 is 11.6 Å². The fourth-order valence-electron chi connectivity index (χ4n) is 1.79. The van der Waals surface area contributed by atoms with Gasteiger partial charge in [0.05, 0.1) is 12.1 Å². The fraction of sp³-hybridized carbons (Fsp3) is 0.125. The van der Waals surface area contributed by atoms with E-state index in [1.54, 1.807) is 48.5 Å². The maximum Gasteiger partial charge on any atom is 0.228 e. The van der Waals surface area contributed by atoms with Crippen LogP contribution in [0.3, 0.4) is 0 Å². The standard InChI is InChI=1S/C16H13ClN2O2/c17-13-7-5-12(6-8-13)11-16(20)19-14-3-1-2-4-15(14)21-10-9-18/h1-8H,10-11H2,(H,19,20). The number of para-hydroxylation sites is 2. The summed E-state index contributed by atoms with van der Waals surface area (Å²) in [4.78, 5) is 12.0. The molecule has 0 radical (unpaired) electrons. The van der Waals surface area contributed by atoms with Crippen LogP contribution in [-0.2, 0) is 11.2 Å². The topological polar surface area (TPSA) is 62.1 Å². The zero-order valence-corrected chi connectivity index (χ0v) is 11.9. The van der Waals surface area contributed by atoms with E-state index < -0.39 is 0 Å². The molecule has 5 heteroatoms. The van der Waals surface area contributed by atoms with E-state index >= 15 is 0 Å². The van der Waals surface area contributed by atoms with Gasteiger partial charge in [0.15, 0.2) is 6.61 Å². The predicted octanol–water partition coefficient (Wildman–Crippen LogP) is 3.42. The Labute approximate surface area is 127 Å². The number of carbonyl (C=O) groups excluding carboxylic acids is 1. The Morgan fingerprint density at radius 1 is 1.19 bits per heavy atom. The van der Waals surface area contributed by atoms with Crippen LogP contribution in [0.15, 0.2) is 48.5 Å². The van der Waals surface area contributed by atoms with Gasteiger partial charge < -0.3 is 10.1 Å². The molecule has 0 bridgehead atoms. The van der Waals surface area contributed by atoms with Crippen LogP contribution in [0, 0.1) is 11.3 Å². The van der Waals surface area contributed by atoms with Gasteiger partial charge >= 0.3 is 0 Å². The van der Waals surface area contributed by atoms with Gasteiger partial charge in [-0.05, 0) is 29.8 Å². The number of benzene rings is 2. The van der Waals surface area contributed by atoms with Crippen LogP contribution < -0.4 is 10.1 Å². The molecule has 0 aliphatic rings. The monoisotopic (exact) mass is 300 g/mol. The van der Waals surface area contributed by atoms with E-state index in [-0.39, 0.29) is 18.9 Å². The molecule has 0 heterocycles. The quantitative estimate of drug-likeness (QED) is 0.920. The highest BCUT2D eigenvalue weighted by molar-refractivity contribution is 6.30. The van der Waals surface area contributed by atoms with Crippen molar-refractivity contribution in [1.82, 2.24) is 0 Å². The molecule has 0 aliphatic heterocycles. The van der Waals surface area contributed by atoms with E-state index in [9.17, 15) is 4.79 Å². The van der Waals surface area contributed by atoms with Crippen LogP contribution in [-0.4, -0.2) is 12.5 Å². The molecule has 106 valence electrons. The predicted molar refractivity (Wildman–Crippen MR) is 81.3 cm³/mol. The lowest BCUT2D eigenvalue weighted by Crippen LogP contribution is -2.15. The van der Waals surface area contributed by atoms with Gasteiger partial charge in [-0.25, -0.2) is 0 Å². The Morgan fingerprint density at radius 3 is 2.62 bits per heavy atom. The number of amides is 1. The minimum Gasteiger partial charge on any atom is -0.477 e. The minimum atomic E-state index is -0.162. The van der Waals surface area contributed by atoms with E-state index in [1.807, 2.05) is 6.07 Å². The highest BCUT2D eigenvalue weighted by Crippen LogP contribution is 2.23. The Kier molecular flexibility index (Phi) is 5.19. The summed E-state index contributed by atoms with van der Waals surface area (Å²) >= 11 is 5.80. The van der Waals surface area contributed by atoms with Crippen molar-refractivity contribution in [1.29, 1.82) is 5.26 Å². The number of nitrogens with zero attached hydrogens (tertiary/aromatic N) is 1. The van der Waals surface area contributed by atoms with Gasteiger partial charge in [0.1, 0.15) is 11.8 Å². The summed E-state index contributed by atoms with van der Waals surface area (Å²) in [6, 6.07) is 16.0. The maximum atomic E-state index is 12.0. The average Bonchev–Trinajstić information content (AvgIpc) is 2.49. The largest absolute Gasteiger partial charge is 0.477 e. The van der Waals surface area contributed by atoms with E-state index in [2.05, 4.69) is 5.32 Å². The maximum absolute atomic E-state index is 12.0. The number of ether oxygens (including phenoxy) is 1. The van der Waals surface area contributed by atoms with Gasteiger partial charge in [0, 0.05) is 5.02 Å². The first-order valence-electron chi connectivity index (χ1n) is 6.32. The van der Waals surface area contributed by atoms with Crippen LogP contribution in [0.2, 0.25) is 5.02 Å². The third-order valence-corrected chi connectivity index (χ3v) is 2.98. The van der Waals surface area contributed by atoms with E-state index in [1.165, 1.54) is 0 Å². The van der Waals surface area contributed by atoms with E-state index in [0.29, 0.717) is 16.5 Å². The van der Waals surface area contributed by atoms with Crippen LogP contribution in [0.5, 0.6) is 5.75 Å². The first-order valence-corrected chi connectivity index (χ1v) is 6.70. The molecule has 0 saturated carbocycles. The number of rotatable bonds is 5. The van der Waals surface area contributed by atoms with Crippen LogP contribution in [0.1, 0.15) is 5.56 Å². The average molecular weight is 301 g/mol. The second-order valence-electron chi connectivity index (χ2n) is 4.29. The molecule has 2 rings (SSSR count). The van der Waals surface area contributed by atoms with Crippen molar-refractivity contribution in [3.05, 3.63) is 59.1 Å². The Balaban J connectivity index is 2.02. The van der Waals surface area contributed by atoms with Crippen molar-refractivity contribution < 1.29 is 9.53 Å². The van der Waals surface area contributed by atoms with Crippen molar-refractivity contribution >= 4 is 23.2 Å². The second-order valence-corrected chi connectivity index (χ2v) is 4.73. The molecule has 0 saturated heterocycles. The van der Waals surface area contributed by atoms with Gasteiger partial charge in [-0.3, -0.25) is 4.79 Å². The summed E-state index contributed by atoms with van der Waals surface area (Å²) in [5.74, 6) is 0.314. The van der Waals surface area contributed by atoms with Crippen molar-refractivity contribution in [3.8, 4) is 11.8 Å². The molecule has 1 amide bonds. The first kappa shape index (κ1) is 14.9. The number of anilines is 1. The second kappa shape index (κ2) is 7.32. The molecule has 0 spiro atoms. The summed E-state index contributed by atoms with van der Waals surface area (Å²) < 4.78 is 5.26. The number of carbonyl (C=O) groups is 1. The highest BCUT2D eigenvalue weighted by atomic mass is 35.5. The minimum absolute atomic E-state index is 0.0654. The smallest absolute Gasteiger partial charge is 0.228 e. The first-order chi connectivity index (χ1) is 10.2. The lowest BCUT2D eigenvalue weighted by atomic mass is 10.1. The van der Waals surface area contributed by atoms with Crippen LogP contribution in [0.4, 0.5) is 5.69 Å². The molecule has 0 atom stereocenters. The van der Waals surface area contributed by atoms with Gasteiger partial charge in [-0.15, -0.1) is 0 Å². The van der Waals surface area contributed by atoms with Gasteiger partial charge in [0.2, 0.25) is 5.91 Å². The van der Waals surface area contributed by atoms with Gasteiger partial charge in [0.25, 0.3) is 0 Å². The molecule has 1 N–H and O–H groups in total. The fourth-order valence-corrected chi connectivity index (χ4v) is 1.91. The molecule has 21 heavy (non-hydrogen) atoms. The third kappa shape index (κ3) is 4.51. The van der Waals surface area contributed by atoms with Crippen molar-refractivity contribution in [2.45, 2.75) is 6.42 Å².